The Morgan fingerprint density at radius 3 is 2.39 bits per heavy atom. The fourth-order valence-corrected chi connectivity index (χ4v) is 5.18. The number of amidine groups is 1. The number of imidazole rings is 1. The van der Waals surface area contributed by atoms with Gasteiger partial charge in [0.1, 0.15) is 30.4 Å². The van der Waals surface area contributed by atoms with Gasteiger partial charge in [-0.1, -0.05) is 30.3 Å². The number of aliphatic hydroxyl groups is 2. The maximum atomic E-state index is 12.7. The summed E-state index contributed by atoms with van der Waals surface area (Å²) in [5, 5.41) is 27.3. The Morgan fingerprint density at radius 1 is 1.00 bits per heavy atom. The molecule has 1 aromatic heterocycles. The lowest BCUT2D eigenvalue weighted by Gasteiger charge is -2.22. The Hall–Kier alpha value is -4.72. The standard InChI is InChI=1S/C28H26N6O7/c35-16(12-33-26(39)17-8-4-5-9-18(17)27(33)40)10-11-19-21(36)22(37)28(41-19)34-14-31-20-23(29-13-30-24(20)34)32-25(38)15-6-2-1-3-7-15/h1-9,14,19,21-22,28,30,36-37H,10-13H2,(H,29,32,38)/t19-,21?,22+,28-/m1/s1. The van der Waals surface area contributed by atoms with Crippen LogP contribution >= 0.6 is 0 Å². The SMILES string of the molecule is O=C(CC[C@H]1O[C@@H](n2cnc3c2NCN=C3NC(=O)c2ccccc2)[C@@H](O)C1O)CN1C(=O)c2ccccc2C1=O. The van der Waals surface area contributed by atoms with Crippen molar-refractivity contribution in [2.45, 2.75) is 37.4 Å². The summed E-state index contributed by atoms with van der Waals surface area (Å²) in [7, 11) is 0. The molecule has 0 saturated carbocycles. The van der Waals surface area contributed by atoms with Crippen molar-refractivity contribution in [3.8, 4) is 0 Å². The molecule has 0 bridgehead atoms. The highest BCUT2D eigenvalue weighted by atomic mass is 16.6. The lowest BCUT2D eigenvalue weighted by molar-refractivity contribution is -0.120. The van der Waals surface area contributed by atoms with E-state index in [2.05, 4.69) is 20.6 Å². The molecule has 1 unspecified atom stereocenters. The maximum Gasteiger partial charge on any atom is 0.261 e. The fourth-order valence-electron chi connectivity index (χ4n) is 5.18. The van der Waals surface area contributed by atoms with Crippen LogP contribution in [0.4, 0.5) is 5.82 Å². The first-order chi connectivity index (χ1) is 19.8. The van der Waals surface area contributed by atoms with Crippen LogP contribution in [-0.4, -0.2) is 85.5 Å². The summed E-state index contributed by atoms with van der Waals surface area (Å²) >= 11 is 0. The minimum atomic E-state index is -1.34. The minimum absolute atomic E-state index is 0.0564. The lowest BCUT2D eigenvalue weighted by Crippen LogP contribution is -2.36. The van der Waals surface area contributed by atoms with Gasteiger partial charge in [-0.3, -0.25) is 28.6 Å². The molecule has 4 N–H and O–H groups in total. The topological polar surface area (TPSA) is 175 Å². The van der Waals surface area contributed by atoms with E-state index in [1.54, 1.807) is 54.6 Å². The number of aliphatic imine (C=N–C) groups is 1. The highest BCUT2D eigenvalue weighted by molar-refractivity contribution is 6.22. The van der Waals surface area contributed by atoms with Gasteiger partial charge < -0.3 is 25.6 Å². The van der Waals surface area contributed by atoms with Gasteiger partial charge in [-0.2, -0.15) is 0 Å². The molecule has 41 heavy (non-hydrogen) atoms. The van der Waals surface area contributed by atoms with Gasteiger partial charge in [-0.05, 0) is 30.7 Å². The van der Waals surface area contributed by atoms with E-state index >= 15 is 0 Å². The van der Waals surface area contributed by atoms with Crippen molar-refractivity contribution in [2.75, 3.05) is 18.5 Å². The van der Waals surface area contributed by atoms with Crippen LogP contribution < -0.4 is 10.6 Å². The van der Waals surface area contributed by atoms with Crippen LogP contribution in [-0.2, 0) is 9.53 Å². The molecule has 3 aliphatic rings. The Balaban J connectivity index is 1.09. The number of carbonyl (C=O) groups excluding carboxylic acids is 4. The number of rotatable bonds is 7. The molecule has 13 heteroatoms. The van der Waals surface area contributed by atoms with Crippen LogP contribution in [0.3, 0.4) is 0 Å². The first-order valence-corrected chi connectivity index (χ1v) is 13.0. The fraction of sp³-hybridized carbons (Fsp3) is 0.286. The average Bonchev–Trinajstić information content (AvgIpc) is 3.62. The number of aromatic nitrogens is 2. The summed E-state index contributed by atoms with van der Waals surface area (Å²) in [6, 6.07) is 15.0. The van der Waals surface area contributed by atoms with Crippen LogP contribution in [0, 0.1) is 0 Å². The molecule has 3 amide bonds. The molecule has 210 valence electrons. The Bertz CT molecular complexity index is 1530. The van der Waals surface area contributed by atoms with Crippen molar-refractivity contribution >= 4 is 35.2 Å². The van der Waals surface area contributed by atoms with E-state index in [4.69, 9.17) is 4.74 Å². The van der Waals surface area contributed by atoms with Gasteiger partial charge in [0.25, 0.3) is 17.7 Å². The Kier molecular flexibility index (Phi) is 6.91. The lowest BCUT2D eigenvalue weighted by atomic mass is 10.0. The number of amides is 3. The number of aliphatic hydroxyl groups excluding tert-OH is 2. The number of ether oxygens (including phenoxy) is 1. The summed E-state index contributed by atoms with van der Waals surface area (Å²) in [6.07, 6.45) is -3.20. The predicted molar refractivity (Wildman–Crippen MR) is 143 cm³/mol. The molecule has 1 saturated heterocycles. The molecule has 2 aromatic carbocycles. The van der Waals surface area contributed by atoms with E-state index in [1.165, 1.54) is 10.9 Å². The van der Waals surface area contributed by atoms with Crippen molar-refractivity contribution in [1.29, 1.82) is 0 Å². The molecule has 4 heterocycles. The zero-order valence-electron chi connectivity index (χ0n) is 21.6. The zero-order chi connectivity index (χ0) is 28.7. The third-order valence-electron chi connectivity index (χ3n) is 7.30. The average molecular weight is 559 g/mol. The number of imide groups is 1. The number of ketones is 1. The van der Waals surface area contributed by atoms with E-state index in [1.807, 2.05) is 0 Å². The van der Waals surface area contributed by atoms with Gasteiger partial charge in [0.2, 0.25) is 0 Å². The highest BCUT2D eigenvalue weighted by Crippen LogP contribution is 2.35. The third-order valence-corrected chi connectivity index (χ3v) is 7.30. The van der Waals surface area contributed by atoms with E-state index in [-0.39, 0.29) is 48.2 Å². The summed E-state index contributed by atoms with van der Waals surface area (Å²) < 4.78 is 7.46. The van der Waals surface area contributed by atoms with E-state index < -0.39 is 42.9 Å². The van der Waals surface area contributed by atoms with E-state index in [0.717, 1.165) is 4.90 Å². The number of nitrogens with one attached hydrogen (secondary N) is 2. The van der Waals surface area contributed by atoms with Gasteiger partial charge in [0.15, 0.2) is 17.8 Å². The number of hydrogen-bond donors (Lipinski definition) is 4. The van der Waals surface area contributed by atoms with Crippen molar-refractivity contribution in [3.05, 3.63) is 83.3 Å². The summed E-state index contributed by atoms with van der Waals surface area (Å²) in [6.45, 7) is -0.263. The molecule has 0 aliphatic carbocycles. The molecule has 0 radical (unpaired) electrons. The van der Waals surface area contributed by atoms with Gasteiger partial charge in [-0.25, -0.2) is 9.98 Å². The highest BCUT2D eigenvalue weighted by Gasteiger charge is 2.45. The van der Waals surface area contributed by atoms with Gasteiger partial charge in [0, 0.05) is 12.0 Å². The molecular formula is C28H26N6O7. The van der Waals surface area contributed by atoms with Gasteiger partial charge in [-0.15, -0.1) is 0 Å². The smallest absolute Gasteiger partial charge is 0.261 e. The summed E-state index contributed by atoms with van der Waals surface area (Å²) in [5.74, 6) is -1.11. The monoisotopic (exact) mass is 558 g/mol. The van der Waals surface area contributed by atoms with E-state index in [0.29, 0.717) is 17.1 Å². The number of benzene rings is 2. The molecule has 13 nitrogen and oxygen atoms in total. The first kappa shape index (κ1) is 26.5. The maximum absolute atomic E-state index is 12.7. The predicted octanol–water partition coefficient (Wildman–Crippen LogP) is 0.707. The second-order valence-corrected chi connectivity index (χ2v) is 9.88. The third kappa shape index (κ3) is 4.79. The van der Waals surface area contributed by atoms with Crippen LogP contribution in [0.2, 0.25) is 0 Å². The summed E-state index contributed by atoms with van der Waals surface area (Å²) in [5.41, 5.74) is 1.31. The van der Waals surface area contributed by atoms with Crippen molar-refractivity contribution in [1.82, 2.24) is 19.8 Å². The number of anilines is 1. The second-order valence-electron chi connectivity index (χ2n) is 9.88. The zero-order valence-corrected chi connectivity index (χ0v) is 21.6. The number of carbonyl (C=O) groups is 4. The minimum Gasteiger partial charge on any atom is -0.388 e. The molecule has 3 aliphatic heterocycles. The van der Waals surface area contributed by atoms with E-state index in [9.17, 15) is 29.4 Å². The quantitative estimate of drug-likeness (QED) is 0.304. The number of nitrogens with zero attached hydrogens (tertiary/aromatic N) is 4. The van der Waals surface area contributed by atoms with Crippen LogP contribution in [0.15, 0.2) is 65.9 Å². The molecule has 1 fully saturated rings. The molecule has 0 spiro atoms. The van der Waals surface area contributed by atoms with Crippen molar-refractivity contribution < 1.29 is 34.1 Å². The Morgan fingerprint density at radius 2 is 1.68 bits per heavy atom. The summed E-state index contributed by atoms with van der Waals surface area (Å²) in [4.78, 5) is 60.0. The van der Waals surface area contributed by atoms with Crippen molar-refractivity contribution in [2.24, 2.45) is 4.99 Å². The molecule has 3 aromatic rings. The van der Waals surface area contributed by atoms with Gasteiger partial charge in [0.05, 0.1) is 30.1 Å². The molecule has 6 rings (SSSR count). The largest absolute Gasteiger partial charge is 0.388 e. The Labute approximate surface area is 233 Å². The first-order valence-electron chi connectivity index (χ1n) is 13.0. The van der Waals surface area contributed by atoms with Crippen molar-refractivity contribution in [3.63, 3.8) is 0 Å². The molecular weight excluding hydrogens is 532 g/mol. The normalized spacial score (nSPS) is 23.1. The van der Waals surface area contributed by atoms with Crippen LogP contribution in [0.5, 0.6) is 0 Å². The number of fused-ring (bicyclic) bond motifs is 2. The number of hydrogen-bond acceptors (Lipinski definition) is 10. The molecule has 4 atom stereocenters. The second kappa shape index (κ2) is 10.7. The van der Waals surface area contributed by atoms with Crippen LogP contribution in [0.1, 0.15) is 55.8 Å². The van der Waals surface area contributed by atoms with Crippen LogP contribution in [0.25, 0.3) is 0 Å². The van der Waals surface area contributed by atoms with Gasteiger partial charge >= 0.3 is 0 Å². The number of Topliss-reactive ketones (excluding diaryl/α,β-unsaturated/α-hetero) is 1.